The molecule has 0 saturated carbocycles. The lowest BCUT2D eigenvalue weighted by Gasteiger charge is -2.29. The summed E-state index contributed by atoms with van der Waals surface area (Å²) in [6.07, 6.45) is 0. The number of rotatable bonds is 4. The van der Waals surface area contributed by atoms with E-state index in [1.165, 1.54) is 0 Å². The molecular formula is C14H21ClN2O. The van der Waals surface area contributed by atoms with Gasteiger partial charge in [-0.05, 0) is 24.5 Å². The molecule has 0 aliphatic rings. The molecule has 0 aliphatic carbocycles. The normalized spacial score (nSPS) is 14.4. The summed E-state index contributed by atoms with van der Waals surface area (Å²) < 4.78 is 0. The second kappa shape index (κ2) is 6.21. The Morgan fingerprint density at radius 3 is 2.33 bits per heavy atom. The van der Waals surface area contributed by atoms with Crippen molar-refractivity contribution in [1.82, 2.24) is 4.90 Å². The van der Waals surface area contributed by atoms with E-state index in [4.69, 9.17) is 17.3 Å². The van der Waals surface area contributed by atoms with Crippen molar-refractivity contribution in [2.45, 2.75) is 32.9 Å². The number of halogens is 1. The smallest absolute Gasteiger partial charge is 0.239 e. The van der Waals surface area contributed by atoms with Crippen LogP contribution in [-0.4, -0.2) is 23.9 Å². The number of likely N-dealkylation sites (N-methyl/N-ethyl adjacent to an activating group) is 1. The molecule has 0 saturated heterocycles. The van der Waals surface area contributed by atoms with Gasteiger partial charge in [0.05, 0.1) is 12.1 Å². The van der Waals surface area contributed by atoms with E-state index >= 15 is 0 Å². The molecule has 0 aromatic heterocycles. The number of carbonyl (C=O) groups excluding carboxylic acids is 1. The highest BCUT2D eigenvalue weighted by atomic mass is 35.5. The van der Waals surface area contributed by atoms with Crippen molar-refractivity contribution < 1.29 is 4.79 Å². The van der Waals surface area contributed by atoms with E-state index < -0.39 is 6.04 Å². The monoisotopic (exact) mass is 268 g/mol. The summed E-state index contributed by atoms with van der Waals surface area (Å²) in [7, 11) is 1.76. The molecular weight excluding hydrogens is 248 g/mol. The predicted octanol–water partition coefficient (Wildman–Crippen LogP) is 2.84. The molecule has 2 atom stereocenters. The Bertz CT molecular complexity index is 420. The highest BCUT2D eigenvalue weighted by Gasteiger charge is 2.25. The predicted molar refractivity (Wildman–Crippen MR) is 75.5 cm³/mol. The maximum atomic E-state index is 12.2. The van der Waals surface area contributed by atoms with E-state index in [1.807, 2.05) is 45.0 Å². The van der Waals surface area contributed by atoms with Gasteiger partial charge in [-0.2, -0.15) is 0 Å². The van der Waals surface area contributed by atoms with Crippen LogP contribution >= 0.6 is 11.6 Å². The molecule has 0 aliphatic heterocycles. The zero-order chi connectivity index (χ0) is 13.9. The number of benzene rings is 1. The van der Waals surface area contributed by atoms with Crippen LogP contribution in [0.5, 0.6) is 0 Å². The number of hydrogen-bond donors (Lipinski definition) is 1. The van der Waals surface area contributed by atoms with E-state index in [0.29, 0.717) is 5.02 Å². The summed E-state index contributed by atoms with van der Waals surface area (Å²) in [5.41, 5.74) is 6.83. The lowest BCUT2D eigenvalue weighted by molar-refractivity contribution is -0.134. The molecule has 3 nitrogen and oxygen atoms in total. The Balaban J connectivity index is 2.88. The van der Waals surface area contributed by atoms with Crippen LogP contribution < -0.4 is 5.73 Å². The Morgan fingerprint density at radius 2 is 1.83 bits per heavy atom. The van der Waals surface area contributed by atoms with Crippen LogP contribution in [0.25, 0.3) is 0 Å². The second-order valence-electron chi connectivity index (χ2n) is 4.92. The van der Waals surface area contributed by atoms with Crippen molar-refractivity contribution in [3.63, 3.8) is 0 Å². The van der Waals surface area contributed by atoms with Crippen LogP contribution in [0.3, 0.4) is 0 Å². The highest BCUT2D eigenvalue weighted by molar-refractivity contribution is 6.31. The maximum absolute atomic E-state index is 12.2. The van der Waals surface area contributed by atoms with E-state index in [-0.39, 0.29) is 17.9 Å². The maximum Gasteiger partial charge on any atom is 0.239 e. The highest BCUT2D eigenvalue weighted by Crippen LogP contribution is 2.26. The minimum absolute atomic E-state index is 0.0579. The van der Waals surface area contributed by atoms with Gasteiger partial charge >= 0.3 is 0 Å². The fourth-order valence-corrected chi connectivity index (χ4v) is 2.03. The molecule has 1 amide bonds. The van der Waals surface area contributed by atoms with Gasteiger partial charge in [0.1, 0.15) is 0 Å². The van der Waals surface area contributed by atoms with Crippen molar-refractivity contribution in [2.24, 2.45) is 11.7 Å². The zero-order valence-corrected chi connectivity index (χ0v) is 12.1. The zero-order valence-electron chi connectivity index (χ0n) is 11.4. The molecule has 100 valence electrons. The van der Waals surface area contributed by atoms with Gasteiger partial charge in [0.15, 0.2) is 0 Å². The SMILES string of the molecule is CC(C)[C@H](N)C(=O)N(C)C(C)c1ccccc1Cl. The average molecular weight is 269 g/mol. The van der Waals surface area contributed by atoms with E-state index in [2.05, 4.69) is 0 Å². The molecule has 0 bridgehead atoms. The van der Waals surface area contributed by atoms with Crippen LogP contribution in [0.2, 0.25) is 5.02 Å². The fraction of sp³-hybridized carbons (Fsp3) is 0.500. The summed E-state index contributed by atoms with van der Waals surface area (Å²) in [4.78, 5) is 13.8. The second-order valence-corrected chi connectivity index (χ2v) is 5.32. The summed E-state index contributed by atoms with van der Waals surface area (Å²) in [6, 6.07) is 6.99. The third-order valence-corrected chi connectivity index (χ3v) is 3.63. The van der Waals surface area contributed by atoms with Crippen molar-refractivity contribution in [1.29, 1.82) is 0 Å². The first-order valence-electron chi connectivity index (χ1n) is 6.13. The first kappa shape index (κ1) is 15.0. The summed E-state index contributed by atoms with van der Waals surface area (Å²) in [6.45, 7) is 5.83. The Kier molecular flexibility index (Phi) is 5.17. The standard InChI is InChI=1S/C14H21ClN2O/c1-9(2)13(16)14(18)17(4)10(3)11-7-5-6-8-12(11)15/h5-10,13H,16H2,1-4H3/t10?,13-/m0/s1. The Hall–Kier alpha value is -1.06. The van der Waals surface area contributed by atoms with Crippen molar-refractivity contribution in [3.8, 4) is 0 Å². The Labute approximate surface area is 114 Å². The Morgan fingerprint density at radius 1 is 1.28 bits per heavy atom. The minimum atomic E-state index is -0.472. The fourth-order valence-electron chi connectivity index (χ4n) is 1.73. The van der Waals surface area contributed by atoms with Crippen LogP contribution in [0.15, 0.2) is 24.3 Å². The van der Waals surface area contributed by atoms with Gasteiger partial charge in [-0.25, -0.2) is 0 Å². The van der Waals surface area contributed by atoms with E-state index in [9.17, 15) is 4.79 Å². The molecule has 0 radical (unpaired) electrons. The topological polar surface area (TPSA) is 46.3 Å². The molecule has 1 aromatic rings. The van der Waals surface area contributed by atoms with Crippen molar-refractivity contribution >= 4 is 17.5 Å². The molecule has 1 aromatic carbocycles. The number of nitrogens with zero attached hydrogens (tertiary/aromatic N) is 1. The van der Waals surface area contributed by atoms with E-state index in [0.717, 1.165) is 5.56 Å². The third-order valence-electron chi connectivity index (χ3n) is 3.29. The van der Waals surface area contributed by atoms with Gasteiger partial charge in [0, 0.05) is 12.1 Å². The lowest BCUT2D eigenvalue weighted by Crippen LogP contribution is -2.45. The number of hydrogen-bond acceptors (Lipinski definition) is 2. The molecule has 1 rings (SSSR count). The third kappa shape index (κ3) is 3.24. The lowest BCUT2D eigenvalue weighted by atomic mass is 10.0. The summed E-state index contributed by atoms with van der Waals surface area (Å²) in [5, 5.41) is 0.669. The van der Waals surface area contributed by atoms with Gasteiger partial charge in [-0.15, -0.1) is 0 Å². The molecule has 2 N–H and O–H groups in total. The summed E-state index contributed by atoms with van der Waals surface area (Å²) >= 11 is 6.14. The molecule has 0 heterocycles. The number of amides is 1. The minimum Gasteiger partial charge on any atom is -0.338 e. The van der Waals surface area contributed by atoms with E-state index in [1.54, 1.807) is 11.9 Å². The van der Waals surface area contributed by atoms with Crippen LogP contribution in [0, 0.1) is 5.92 Å². The van der Waals surface area contributed by atoms with Gasteiger partial charge in [0.25, 0.3) is 0 Å². The average Bonchev–Trinajstić information content (AvgIpc) is 2.35. The first-order valence-corrected chi connectivity index (χ1v) is 6.50. The van der Waals surface area contributed by atoms with Gasteiger partial charge in [-0.1, -0.05) is 43.6 Å². The largest absolute Gasteiger partial charge is 0.338 e. The van der Waals surface area contributed by atoms with Crippen LogP contribution in [0.4, 0.5) is 0 Å². The molecule has 18 heavy (non-hydrogen) atoms. The summed E-state index contributed by atoms with van der Waals surface area (Å²) in [5.74, 6) is 0.0656. The van der Waals surface area contributed by atoms with Crippen LogP contribution in [0.1, 0.15) is 32.4 Å². The first-order chi connectivity index (χ1) is 8.36. The van der Waals surface area contributed by atoms with Crippen LogP contribution in [-0.2, 0) is 4.79 Å². The molecule has 0 fully saturated rings. The van der Waals surface area contributed by atoms with Crippen molar-refractivity contribution in [3.05, 3.63) is 34.9 Å². The molecule has 4 heteroatoms. The van der Waals surface area contributed by atoms with Gasteiger partial charge < -0.3 is 10.6 Å². The van der Waals surface area contributed by atoms with Gasteiger partial charge in [0.2, 0.25) is 5.91 Å². The number of carbonyl (C=O) groups is 1. The van der Waals surface area contributed by atoms with Gasteiger partial charge in [-0.3, -0.25) is 4.79 Å². The van der Waals surface area contributed by atoms with Crippen molar-refractivity contribution in [2.75, 3.05) is 7.05 Å². The molecule has 0 spiro atoms. The molecule has 1 unspecified atom stereocenters. The quantitative estimate of drug-likeness (QED) is 0.913. The number of nitrogens with two attached hydrogens (primary N) is 1.